The van der Waals surface area contributed by atoms with Crippen LogP contribution in [0.2, 0.25) is 0 Å². The van der Waals surface area contributed by atoms with Crippen LogP contribution in [0.15, 0.2) is 24.3 Å². The van der Waals surface area contributed by atoms with Gasteiger partial charge < -0.3 is 20.3 Å². The summed E-state index contributed by atoms with van der Waals surface area (Å²) >= 11 is 0. The number of carbonyl (C=O) groups excluding carboxylic acids is 2. The molecule has 0 bridgehead atoms. The lowest BCUT2D eigenvalue weighted by Crippen LogP contribution is -2.41. The fourth-order valence-corrected chi connectivity index (χ4v) is 2.09. The average molecular weight is 263 g/mol. The Bertz CT molecular complexity index is 490. The standard InChI is InChI=1S/C13H17N3O3/c1-14-13(18)15-9-6-12(17)16(8-9)10-4-3-5-11(7-10)19-2/h3-5,7,9H,6,8H2,1-2H3,(H2,14,15,18)/t9-/m0/s1. The molecule has 3 amide bonds. The Hall–Kier alpha value is -2.24. The Labute approximate surface area is 111 Å². The number of urea groups is 1. The van der Waals surface area contributed by atoms with E-state index in [0.717, 1.165) is 5.69 Å². The van der Waals surface area contributed by atoms with Crippen molar-refractivity contribution in [3.63, 3.8) is 0 Å². The maximum absolute atomic E-state index is 12.0. The van der Waals surface area contributed by atoms with Crippen molar-refractivity contribution in [3.8, 4) is 5.75 Å². The third kappa shape index (κ3) is 2.96. The Morgan fingerprint density at radius 3 is 2.95 bits per heavy atom. The summed E-state index contributed by atoms with van der Waals surface area (Å²) in [4.78, 5) is 24.9. The maximum Gasteiger partial charge on any atom is 0.314 e. The molecule has 1 aromatic rings. The minimum Gasteiger partial charge on any atom is -0.497 e. The number of nitrogens with zero attached hydrogens (tertiary/aromatic N) is 1. The van der Waals surface area contributed by atoms with Crippen molar-refractivity contribution in [2.45, 2.75) is 12.5 Å². The van der Waals surface area contributed by atoms with Crippen LogP contribution in [-0.2, 0) is 4.79 Å². The molecule has 1 aromatic carbocycles. The molecule has 6 heteroatoms. The summed E-state index contributed by atoms with van der Waals surface area (Å²) in [5, 5.41) is 5.22. The Morgan fingerprint density at radius 2 is 2.26 bits per heavy atom. The first kappa shape index (κ1) is 13.2. The van der Waals surface area contributed by atoms with Gasteiger partial charge in [-0.25, -0.2) is 4.79 Å². The van der Waals surface area contributed by atoms with Crippen molar-refractivity contribution < 1.29 is 14.3 Å². The van der Waals surface area contributed by atoms with Crippen LogP contribution in [0.3, 0.4) is 0 Å². The van der Waals surface area contributed by atoms with Crippen LogP contribution < -0.4 is 20.3 Å². The van der Waals surface area contributed by atoms with E-state index in [9.17, 15) is 9.59 Å². The Morgan fingerprint density at radius 1 is 1.47 bits per heavy atom. The molecule has 1 aliphatic rings. The fourth-order valence-electron chi connectivity index (χ4n) is 2.09. The highest BCUT2D eigenvalue weighted by atomic mass is 16.5. The molecule has 102 valence electrons. The molecule has 19 heavy (non-hydrogen) atoms. The topological polar surface area (TPSA) is 70.7 Å². The van der Waals surface area contributed by atoms with Gasteiger partial charge in [0.1, 0.15) is 5.75 Å². The van der Waals surface area contributed by atoms with Crippen LogP contribution in [0.1, 0.15) is 6.42 Å². The lowest BCUT2D eigenvalue weighted by atomic mass is 10.2. The number of amides is 3. The van der Waals surface area contributed by atoms with Crippen molar-refractivity contribution in [2.75, 3.05) is 25.6 Å². The van der Waals surface area contributed by atoms with Crippen LogP contribution in [-0.4, -0.2) is 38.7 Å². The molecule has 0 radical (unpaired) electrons. The van der Waals surface area contributed by atoms with Crippen LogP contribution in [0.4, 0.5) is 10.5 Å². The SMILES string of the molecule is CNC(=O)N[C@H]1CC(=O)N(c2cccc(OC)c2)C1. The number of hydrogen-bond acceptors (Lipinski definition) is 3. The summed E-state index contributed by atoms with van der Waals surface area (Å²) in [6, 6.07) is 6.87. The molecule has 0 unspecified atom stereocenters. The molecule has 1 aliphatic heterocycles. The summed E-state index contributed by atoms with van der Waals surface area (Å²) in [5.41, 5.74) is 0.783. The summed E-state index contributed by atoms with van der Waals surface area (Å²) in [7, 11) is 3.13. The van der Waals surface area contributed by atoms with E-state index < -0.39 is 0 Å². The molecular formula is C13H17N3O3. The first-order valence-corrected chi connectivity index (χ1v) is 6.06. The van der Waals surface area contributed by atoms with E-state index >= 15 is 0 Å². The van der Waals surface area contributed by atoms with Crippen LogP contribution in [0, 0.1) is 0 Å². The molecule has 6 nitrogen and oxygen atoms in total. The van der Waals surface area contributed by atoms with Gasteiger partial charge in [0.05, 0.1) is 13.2 Å². The molecule has 1 fully saturated rings. The van der Waals surface area contributed by atoms with Crippen LogP contribution >= 0.6 is 0 Å². The largest absolute Gasteiger partial charge is 0.497 e. The summed E-state index contributed by atoms with van der Waals surface area (Å²) in [6.07, 6.45) is 0.310. The molecule has 1 atom stereocenters. The summed E-state index contributed by atoms with van der Waals surface area (Å²) in [6.45, 7) is 0.472. The van der Waals surface area contributed by atoms with E-state index in [0.29, 0.717) is 18.7 Å². The van der Waals surface area contributed by atoms with Gasteiger partial charge >= 0.3 is 6.03 Å². The fraction of sp³-hybridized carbons (Fsp3) is 0.385. The number of methoxy groups -OCH3 is 1. The number of nitrogens with one attached hydrogen (secondary N) is 2. The molecule has 0 aliphatic carbocycles. The van der Waals surface area contributed by atoms with Gasteiger partial charge in [0.2, 0.25) is 5.91 Å². The number of rotatable bonds is 3. The molecular weight excluding hydrogens is 246 g/mol. The first-order valence-electron chi connectivity index (χ1n) is 6.06. The number of benzene rings is 1. The van der Waals surface area contributed by atoms with Crippen molar-refractivity contribution in [2.24, 2.45) is 0 Å². The number of anilines is 1. The quantitative estimate of drug-likeness (QED) is 0.844. The number of ether oxygens (including phenoxy) is 1. The lowest BCUT2D eigenvalue weighted by Gasteiger charge is -2.17. The van der Waals surface area contributed by atoms with Gasteiger partial charge in [-0.1, -0.05) is 6.07 Å². The van der Waals surface area contributed by atoms with Gasteiger partial charge in [-0.2, -0.15) is 0 Å². The highest BCUT2D eigenvalue weighted by Crippen LogP contribution is 2.25. The minimum atomic E-state index is -0.273. The Kier molecular flexibility index (Phi) is 3.89. The van der Waals surface area contributed by atoms with Crippen molar-refractivity contribution >= 4 is 17.6 Å². The summed E-state index contributed by atoms with van der Waals surface area (Å²) in [5.74, 6) is 0.697. The maximum atomic E-state index is 12.0. The van der Waals surface area contributed by atoms with E-state index in [-0.39, 0.29) is 18.0 Å². The lowest BCUT2D eigenvalue weighted by molar-refractivity contribution is -0.117. The van der Waals surface area contributed by atoms with Crippen LogP contribution in [0.25, 0.3) is 0 Å². The van der Waals surface area contributed by atoms with E-state index in [1.807, 2.05) is 18.2 Å². The van der Waals surface area contributed by atoms with Gasteiger partial charge in [0.15, 0.2) is 0 Å². The number of hydrogen-bond donors (Lipinski definition) is 2. The van der Waals surface area contributed by atoms with Crippen LogP contribution in [0.5, 0.6) is 5.75 Å². The van der Waals surface area contributed by atoms with E-state index in [1.165, 1.54) is 0 Å². The van der Waals surface area contributed by atoms with Gasteiger partial charge in [0, 0.05) is 31.8 Å². The second kappa shape index (κ2) is 5.60. The smallest absolute Gasteiger partial charge is 0.314 e. The third-order valence-corrected chi connectivity index (χ3v) is 3.05. The highest BCUT2D eigenvalue weighted by molar-refractivity contribution is 5.97. The number of carbonyl (C=O) groups is 2. The zero-order valence-electron chi connectivity index (χ0n) is 11.0. The van der Waals surface area contributed by atoms with Gasteiger partial charge in [-0.15, -0.1) is 0 Å². The summed E-state index contributed by atoms with van der Waals surface area (Å²) < 4.78 is 5.14. The molecule has 0 saturated carbocycles. The minimum absolute atomic E-state index is 0.00495. The zero-order valence-corrected chi connectivity index (χ0v) is 11.0. The van der Waals surface area contributed by atoms with E-state index in [4.69, 9.17) is 4.74 Å². The predicted octanol–water partition coefficient (Wildman–Crippen LogP) is 0.729. The van der Waals surface area contributed by atoms with Crippen molar-refractivity contribution in [1.29, 1.82) is 0 Å². The molecule has 0 spiro atoms. The first-order chi connectivity index (χ1) is 9.13. The second-order valence-corrected chi connectivity index (χ2v) is 4.33. The average Bonchev–Trinajstić information content (AvgIpc) is 2.79. The zero-order chi connectivity index (χ0) is 13.8. The monoisotopic (exact) mass is 263 g/mol. The van der Waals surface area contributed by atoms with E-state index in [2.05, 4.69) is 10.6 Å². The van der Waals surface area contributed by atoms with Crippen molar-refractivity contribution in [3.05, 3.63) is 24.3 Å². The Balaban J connectivity index is 2.08. The predicted molar refractivity (Wildman–Crippen MR) is 71.3 cm³/mol. The van der Waals surface area contributed by atoms with E-state index in [1.54, 1.807) is 25.1 Å². The molecule has 0 aromatic heterocycles. The third-order valence-electron chi connectivity index (χ3n) is 3.05. The van der Waals surface area contributed by atoms with Gasteiger partial charge in [-0.05, 0) is 12.1 Å². The van der Waals surface area contributed by atoms with Gasteiger partial charge in [-0.3, -0.25) is 4.79 Å². The van der Waals surface area contributed by atoms with Crippen molar-refractivity contribution in [1.82, 2.24) is 10.6 Å². The highest BCUT2D eigenvalue weighted by Gasteiger charge is 2.31. The molecule has 1 saturated heterocycles. The molecule has 1 heterocycles. The molecule has 2 N–H and O–H groups in total. The van der Waals surface area contributed by atoms with Gasteiger partial charge in [0.25, 0.3) is 0 Å². The molecule has 2 rings (SSSR count). The normalized spacial score (nSPS) is 18.3. The second-order valence-electron chi connectivity index (χ2n) is 4.33.